The number of nitrogens with zero attached hydrogens (tertiary/aromatic N) is 6. The van der Waals surface area contributed by atoms with Gasteiger partial charge in [0.05, 0.1) is 31.2 Å². The quantitative estimate of drug-likeness (QED) is 0.0169. The molecule has 7 rings (SSSR count). The summed E-state index contributed by atoms with van der Waals surface area (Å²) >= 11 is 1.34. The Bertz CT molecular complexity index is 2810. The lowest BCUT2D eigenvalue weighted by Crippen LogP contribution is -2.38. The Morgan fingerprint density at radius 3 is 2.28 bits per heavy atom. The Hall–Kier alpha value is -7.26. The minimum atomic E-state index is -0.519. The van der Waals surface area contributed by atoms with E-state index in [1.165, 1.54) is 51.5 Å². The minimum absolute atomic E-state index is 0.0747. The van der Waals surface area contributed by atoms with Gasteiger partial charge in [0, 0.05) is 105 Å². The number of rotatable bonds is 31. The molecule has 5 N–H and O–H groups in total. The van der Waals surface area contributed by atoms with Crippen molar-refractivity contribution < 1.29 is 43.5 Å². The number of para-hydroxylation sites is 1. The summed E-state index contributed by atoms with van der Waals surface area (Å²) in [5.74, 6) is -1.83. The number of aromatic nitrogens is 4. The number of likely N-dealkylation sites (tertiary alicyclic amines) is 1. The average Bonchev–Trinajstić information content (AvgIpc) is 4.16. The van der Waals surface area contributed by atoms with E-state index in [4.69, 9.17) is 4.84 Å². The number of aliphatic hydroxyl groups excluding tert-OH is 1. The summed E-state index contributed by atoms with van der Waals surface area (Å²) in [6, 6.07) is 23.7. The molecule has 396 valence electrons. The molecule has 2 aliphatic rings. The molecular weight excluding hydrogens is 977 g/mol. The van der Waals surface area contributed by atoms with Gasteiger partial charge in [-0.05, 0) is 85.6 Å². The third kappa shape index (κ3) is 17.1. The van der Waals surface area contributed by atoms with Crippen LogP contribution in [-0.2, 0) is 71.1 Å². The molecule has 3 aromatic carbocycles. The number of H-pyrrole nitrogens is 1. The summed E-state index contributed by atoms with van der Waals surface area (Å²) < 4.78 is 1.70. The Kier molecular flexibility index (Phi) is 21.0. The second kappa shape index (κ2) is 28.4. The molecule has 1 atom stereocenters. The molecule has 75 heavy (non-hydrogen) atoms. The van der Waals surface area contributed by atoms with E-state index < -0.39 is 11.2 Å². The maximum atomic E-state index is 13.2. The van der Waals surface area contributed by atoms with Crippen LogP contribution in [-0.4, -0.2) is 126 Å². The molecule has 5 aromatic rings. The van der Waals surface area contributed by atoms with Gasteiger partial charge in [0.1, 0.15) is 5.69 Å². The molecule has 2 aromatic heterocycles. The fraction of sp³-hybridized carbons (Fsp3) is 0.400. The number of hydrogen-bond donors (Lipinski definition) is 5. The predicted molar refractivity (Wildman–Crippen MR) is 283 cm³/mol. The van der Waals surface area contributed by atoms with Crippen LogP contribution in [0.5, 0.6) is 0 Å². The molecule has 19 nitrogen and oxygen atoms in total. The van der Waals surface area contributed by atoms with Crippen molar-refractivity contribution in [3.05, 3.63) is 131 Å². The van der Waals surface area contributed by atoms with Crippen molar-refractivity contribution in [1.82, 2.24) is 50.8 Å². The van der Waals surface area contributed by atoms with Gasteiger partial charge in [-0.1, -0.05) is 72.7 Å². The van der Waals surface area contributed by atoms with Crippen LogP contribution in [0.1, 0.15) is 91.4 Å². The van der Waals surface area contributed by atoms with Crippen molar-refractivity contribution in [3.8, 4) is 0 Å². The highest BCUT2D eigenvalue weighted by Crippen LogP contribution is 2.32. The number of aliphatic hydroxyl groups is 1. The Morgan fingerprint density at radius 2 is 1.53 bits per heavy atom. The number of nitrogens with one attached hydrogen (secondary N) is 4. The third-order valence-electron chi connectivity index (χ3n) is 12.9. The maximum absolute atomic E-state index is 13.2. The fourth-order valence-corrected chi connectivity index (χ4v) is 9.93. The molecule has 0 spiro atoms. The third-order valence-corrected chi connectivity index (χ3v) is 14.1. The number of carbonyl (C=O) groups is 7. The van der Waals surface area contributed by atoms with Crippen LogP contribution in [0.3, 0.4) is 0 Å². The lowest BCUT2D eigenvalue weighted by atomic mass is 10.1. The zero-order valence-electron chi connectivity index (χ0n) is 42.3. The first-order chi connectivity index (χ1) is 36.4. The molecule has 2 aliphatic heterocycles. The van der Waals surface area contributed by atoms with Gasteiger partial charge in [-0.2, -0.15) is 0 Å². The topological polar surface area (TPSA) is 241 Å². The van der Waals surface area contributed by atoms with Gasteiger partial charge in [0.2, 0.25) is 23.6 Å². The van der Waals surface area contributed by atoms with E-state index in [0.717, 1.165) is 57.8 Å². The smallest absolute Gasteiger partial charge is 0.267 e. The number of thioether (sulfide) groups is 1. The highest BCUT2D eigenvalue weighted by Gasteiger charge is 2.38. The largest absolute Gasteiger partial charge is 0.395 e. The first-order valence-corrected chi connectivity index (χ1v) is 26.4. The van der Waals surface area contributed by atoms with Crippen LogP contribution in [0.25, 0.3) is 17.0 Å². The lowest BCUT2D eigenvalue weighted by Gasteiger charge is -2.21. The highest BCUT2D eigenvalue weighted by atomic mass is 32.2. The first-order valence-electron chi connectivity index (χ1n) is 25.6. The number of fused-ring (bicyclic) bond motifs is 1. The van der Waals surface area contributed by atoms with Crippen LogP contribution in [0, 0.1) is 6.92 Å². The lowest BCUT2D eigenvalue weighted by molar-refractivity contribution is -0.139. The predicted octanol–water partition coefficient (Wildman–Crippen LogP) is 5.06. The number of aryl methyl sites for hydroxylation is 2. The van der Waals surface area contributed by atoms with E-state index in [0.29, 0.717) is 70.4 Å². The van der Waals surface area contributed by atoms with Gasteiger partial charge in [-0.25, -0.2) is 5.48 Å². The van der Waals surface area contributed by atoms with Crippen LogP contribution < -0.4 is 16.1 Å². The van der Waals surface area contributed by atoms with Gasteiger partial charge in [-0.15, -0.1) is 16.9 Å². The van der Waals surface area contributed by atoms with Crippen molar-refractivity contribution in [2.75, 3.05) is 39.3 Å². The monoisotopic (exact) mass is 1040 g/mol. The summed E-state index contributed by atoms with van der Waals surface area (Å²) in [6.45, 7) is 5.90. The SMILES string of the molecule is Cc1[nH]c2ccccc2c1CCN(CCO)Cc1ccc(/C=C/C(=O)NOCc2ccc(SC3CC(=O)N(CCCCCC(=O)NCc4cn(CCCCCC(=O)NCCN5C(=O)C=CC5=O)nn4)C3=O)cc2)cc1. The van der Waals surface area contributed by atoms with E-state index in [1.807, 2.05) is 54.6 Å². The molecule has 1 fully saturated rings. The Morgan fingerprint density at radius 1 is 0.827 bits per heavy atom. The molecule has 0 saturated carbocycles. The number of aromatic amines is 1. The maximum Gasteiger partial charge on any atom is 0.267 e. The summed E-state index contributed by atoms with van der Waals surface area (Å²) in [7, 11) is 0. The highest BCUT2D eigenvalue weighted by molar-refractivity contribution is 8.00. The van der Waals surface area contributed by atoms with Crippen molar-refractivity contribution in [2.24, 2.45) is 0 Å². The molecular formula is C55H66N10O9S. The van der Waals surface area contributed by atoms with Gasteiger partial charge < -0.3 is 20.7 Å². The van der Waals surface area contributed by atoms with Gasteiger partial charge >= 0.3 is 0 Å². The van der Waals surface area contributed by atoms with Crippen molar-refractivity contribution in [2.45, 2.75) is 108 Å². The fourth-order valence-electron chi connectivity index (χ4n) is 8.86. The second-order valence-electron chi connectivity index (χ2n) is 18.6. The number of hydrogen-bond acceptors (Lipinski definition) is 13. The van der Waals surface area contributed by atoms with Gasteiger partial charge in [-0.3, -0.25) is 57.8 Å². The summed E-state index contributed by atoms with van der Waals surface area (Å²) in [5, 5.41) is 24.3. The molecule has 0 bridgehead atoms. The molecule has 0 aliphatic carbocycles. The normalized spacial score (nSPS) is 14.6. The number of hydroxylamine groups is 1. The standard InChI is InChI=1S/C55H66N10O9S/c1-39-45(46-10-6-7-11-47(46)58-39)26-30-62(32-33-66)36-41-16-14-40(15-17-41)20-23-51(69)60-74-38-42-18-21-44(22-19-42)75-48-34-54(72)65(55(48)73)29-9-3-5-13-50(68)57-35-43-37-63(61-59-43)28-8-2-4-12-49(67)56-27-31-64-52(70)24-25-53(64)71/h6-7,10-11,14-25,37,48,58,66H,2-5,8-9,12-13,26-36,38H2,1H3,(H,56,67)(H,57,68)(H,60,69)/b23-20+. The zero-order valence-corrected chi connectivity index (χ0v) is 43.2. The van der Waals surface area contributed by atoms with Crippen molar-refractivity contribution in [3.63, 3.8) is 0 Å². The molecule has 0 radical (unpaired) electrons. The van der Waals surface area contributed by atoms with E-state index in [9.17, 15) is 38.7 Å². The van der Waals surface area contributed by atoms with Crippen molar-refractivity contribution >= 4 is 70.1 Å². The molecule has 1 saturated heterocycles. The minimum Gasteiger partial charge on any atom is -0.395 e. The molecule has 4 heterocycles. The van der Waals surface area contributed by atoms with Crippen LogP contribution in [0.4, 0.5) is 0 Å². The van der Waals surface area contributed by atoms with Gasteiger partial charge in [0.25, 0.3) is 17.7 Å². The Labute approximate surface area is 440 Å². The number of benzene rings is 3. The summed E-state index contributed by atoms with van der Waals surface area (Å²) in [4.78, 5) is 101. The molecule has 7 amide bonds. The number of imide groups is 2. The van der Waals surface area contributed by atoms with Crippen LogP contribution >= 0.6 is 11.8 Å². The van der Waals surface area contributed by atoms with Gasteiger partial charge in [0.15, 0.2) is 0 Å². The summed E-state index contributed by atoms with van der Waals surface area (Å²) in [6.07, 6.45) is 13.1. The van der Waals surface area contributed by atoms with E-state index in [-0.39, 0.29) is 74.7 Å². The van der Waals surface area contributed by atoms with Crippen LogP contribution in [0.15, 0.2) is 102 Å². The van der Waals surface area contributed by atoms with E-state index >= 15 is 0 Å². The Balaban J connectivity index is 0.705. The molecule has 1 unspecified atom stereocenters. The van der Waals surface area contributed by atoms with Crippen LogP contribution in [0.2, 0.25) is 0 Å². The van der Waals surface area contributed by atoms with E-state index in [1.54, 1.807) is 17.0 Å². The zero-order chi connectivity index (χ0) is 52.9. The summed E-state index contributed by atoms with van der Waals surface area (Å²) in [5.41, 5.74) is 9.46. The second-order valence-corrected chi connectivity index (χ2v) is 19.9. The van der Waals surface area contributed by atoms with E-state index in [2.05, 4.69) is 61.4 Å². The number of amides is 7. The molecule has 20 heteroatoms. The average molecular weight is 1040 g/mol. The number of carbonyl (C=O) groups excluding carboxylic acids is 7. The van der Waals surface area contributed by atoms with Crippen molar-refractivity contribution in [1.29, 1.82) is 0 Å². The first kappa shape index (κ1) is 55.5. The number of unbranched alkanes of at least 4 members (excludes halogenated alkanes) is 4.